The minimum atomic E-state index is -1.03. The lowest BCUT2D eigenvalue weighted by Crippen LogP contribution is -2.34. The monoisotopic (exact) mass is 329 g/mol. The van der Waals surface area contributed by atoms with Gasteiger partial charge in [0.2, 0.25) is 0 Å². The molecule has 1 atom stereocenters. The fourth-order valence-corrected chi connectivity index (χ4v) is 3.56. The van der Waals surface area contributed by atoms with Crippen LogP contribution < -0.4 is 10.1 Å². The van der Waals surface area contributed by atoms with Crippen LogP contribution in [0.2, 0.25) is 0 Å². The molecule has 0 radical (unpaired) electrons. The van der Waals surface area contributed by atoms with Gasteiger partial charge in [-0.25, -0.2) is 9.18 Å². The number of fused-ring (bicyclic) bond motifs is 1. The van der Waals surface area contributed by atoms with E-state index in [0.29, 0.717) is 5.56 Å². The van der Waals surface area contributed by atoms with Crippen molar-refractivity contribution in [3.05, 3.63) is 53.3 Å². The highest BCUT2D eigenvalue weighted by atomic mass is 19.1. The number of ether oxygens (including phenoxy) is 1. The van der Waals surface area contributed by atoms with Crippen LogP contribution in [-0.4, -0.2) is 18.3 Å². The number of methoxy groups -OCH3 is 1. The summed E-state index contributed by atoms with van der Waals surface area (Å²) in [6.07, 6.45) is -0.282. The van der Waals surface area contributed by atoms with Crippen LogP contribution >= 0.6 is 0 Å². The van der Waals surface area contributed by atoms with Gasteiger partial charge in [-0.2, -0.15) is 0 Å². The largest absolute Gasteiger partial charge is 0.493 e. The van der Waals surface area contributed by atoms with E-state index in [-0.39, 0.29) is 17.2 Å². The van der Waals surface area contributed by atoms with Gasteiger partial charge in [-0.3, -0.25) is 0 Å². The second-order valence-electron chi connectivity index (χ2n) is 6.78. The molecule has 0 bridgehead atoms. The zero-order valence-corrected chi connectivity index (χ0v) is 13.9. The molecule has 1 aliphatic carbocycles. The van der Waals surface area contributed by atoms with Gasteiger partial charge in [-0.05, 0) is 34.6 Å². The van der Waals surface area contributed by atoms with Crippen molar-refractivity contribution in [1.29, 1.82) is 0 Å². The highest BCUT2D eigenvalue weighted by Crippen LogP contribution is 2.46. The van der Waals surface area contributed by atoms with Crippen LogP contribution in [0.5, 0.6) is 5.75 Å². The zero-order valence-electron chi connectivity index (χ0n) is 13.9. The molecular formula is C19H20FNO3. The molecule has 0 aliphatic heterocycles. The van der Waals surface area contributed by atoms with E-state index in [9.17, 15) is 9.18 Å². The third-order valence-electron chi connectivity index (χ3n) is 4.63. The van der Waals surface area contributed by atoms with E-state index >= 15 is 0 Å². The summed E-state index contributed by atoms with van der Waals surface area (Å²) in [6.45, 7) is 4.08. The number of carbonyl (C=O) groups is 1. The van der Waals surface area contributed by atoms with Gasteiger partial charge in [0.1, 0.15) is 0 Å². The Kier molecular flexibility index (Phi) is 3.95. The van der Waals surface area contributed by atoms with Crippen LogP contribution in [-0.2, 0) is 6.42 Å². The average molecular weight is 329 g/mol. The molecule has 24 heavy (non-hydrogen) atoms. The first kappa shape index (κ1) is 16.3. The lowest BCUT2D eigenvalue weighted by Gasteiger charge is -2.27. The van der Waals surface area contributed by atoms with Crippen LogP contribution in [0.4, 0.5) is 9.18 Å². The van der Waals surface area contributed by atoms with E-state index < -0.39 is 11.9 Å². The fraction of sp³-hybridized carbons (Fsp3) is 0.316. The zero-order chi connectivity index (χ0) is 17.5. The number of halogens is 1. The van der Waals surface area contributed by atoms with Gasteiger partial charge < -0.3 is 15.2 Å². The molecule has 0 heterocycles. The summed E-state index contributed by atoms with van der Waals surface area (Å²) in [5.41, 5.74) is 3.37. The van der Waals surface area contributed by atoms with Crippen molar-refractivity contribution < 1.29 is 19.0 Å². The summed E-state index contributed by atoms with van der Waals surface area (Å²) in [6, 6.07) is 10.4. The molecular weight excluding hydrogens is 309 g/mol. The molecule has 2 aromatic rings. The van der Waals surface area contributed by atoms with Crippen LogP contribution in [0.25, 0.3) is 11.1 Å². The van der Waals surface area contributed by atoms with Crippen LogP contribution in [0.15, 0.2) is 36.4 Å². The number of nitrogens with one attached hydrogen (secondary N) is 1. The number of benzene rings is 2. The molecule has 0 aromatic heterocycles. The van der Waals surface area contributed by atoms with E-state index in [4.69, 9.17) is 9.84 Å². The topological polar surface area (TPSA) is 58.6 Å². The normalized spacial score (nSPS) is 18.1. The molecule has 2 aromatic carbocycles. The van der Waals surface area contributed by atoms with E-state index in [0.717, 1.165) is 23.1 Å². The smallest absolute Gasteiger partial charge is 0.405 e. The van der Waals surface area contributed by atoms with Crippen molar-refractivity contribution in [2.45, 2.75) is 26.3 Å². The van der Waals surface area contributed by atoms with Crippen molar-refractivity contribution in [1.82, 2.24) is 5.32 Å². The summed E-state index contributed by atoms with van der Waals surface area (Å²) in [5.74, 6) is -0.184. The molecule has 1 aliphatic rings. The third-order valence-corrected chi connectivity index (χ3v) is 4.63. The first-order valence-corrected chi connectivity index (χ1v) is 7.78. The third kappa shape index (κ3) is 2.70. The molecule has 3 rings (SSSR count). The SMILES string of the molecule is COc1c(F)cccc1-c1ccc2c(c1)CC(C)(C)C2NC(=O)O. The standard InChI is InChI=1S/C19H20FNO3/c1-19(2)10-12-9-11(7-8-14(12)17(19)21-18(22)23)13-5-4-6-15(20)16(13)24-3/h4-9,17,21H,10H2,1-3H3,(H,22,23). The van der Waals surface area contributed by atoms with Crippen molar-refractivity contribution in [3.63, 3.8) is 0 Å². The van der Waals surface area contributed by atoms with Crippen molar-refractivity contribution in [3.8, 4) is 16.9 Å². The van der Waals surface area contributed by atoms with Crippen LogP contribution in [0.1, 0.15) is 31.0 Å². The molecule has 1 unspecified atom stereocenters. The van der Waals surface area contributed by atoms with Gasteiger partial charge in [0, 0.05) is 5.56 Å². The maximum absolute atomic E-state index is 13.9. The second kappa shape index (κ2) is 5.82. The molecule has 0 saturated heterocycles. The Balaban J connectivity index is 2.06. The lowest BCUT2D eigenvalue weighted by atomic mass is 9.85. The Morgan fingerprint density at radius 3 is 2.75 bits per heavy atom. The van der Waals surface area contributed by atoms with E-state index in [1.807, 2.05) is 38.1 Å². The van der Waals surface area contributed by atoms with Gasteiger partial charge >= 0.3 is 6.09 Å². The van der Waals surface area contributed by atoms with Gasteiger partial charge in [0.05, 0.1) is 13.2 Å². The van der Waals surface area contributed by atoms with E-state index in [2.05, 4.69) is 5.32 Å². The predicted octanol–water partition coefficient (Wildman–Crippen LogP) is 4.39. The maximum Gasteiger partial charge on any atom is 0.405 e. The number of hydrogen-bond donors (Lipinski definition) is 2. The molecule has 0 spiro atoms. The first-order chi connectivity index (χ1) is 11.3. The lowest BCUT2D eigenvalue weighted by molar-refractivity contribution is 0.175. The van der Waals surface area contributed by atoms with Crippen LogP contribution in [0, 0.1) is 11.2 Å². The summed E-state index contributed by atoms with van der Waals surface area (Å²) < 4.78 is 19.1. The van der Waals surface area contributed by atoms with Crippen LogP contribution in [0.3, 0.4) is 0 Å². The van der Waals surface area contributed by atoms with Gasteiger partial charge in [0.15, 0.2) is 11.6 Å². The number of carboxylic acid groups (broad SMARTS) is 1. The molecule has 0 fully saturated rings. The minimum absolute atomic E-state index is 0.217. The maximum atomic E-state index is 13.9. The quantitative estimate of drug-likeness (QED) is 0.878. The van der Waals surface area contributed by atoms with Gasteiger partial charge in [-0.1, -0.05) is 44.2 Å². The molecule has 2 N–H and O–H groups in total. The van der Waals surface area contributed by atoms with Crippen molar-refractivity contribution in [2.75, 3.05) is 7.11 Å². The summed E-state index contributed by atoms with van der Waals surface area (Å²) >= 11 is 0. The van der Waals surface area contributed by atoms with Crippen molar-refractivity contribution >= 4 is 6.09 Å². The number of amides is 1. The summed E-state index contributed by atoms with van der Waals surface area (Å²) in [7, 11) is 1.45. The first-order valence-electron chi connectivity index (χ1n) is 7.78. The fourth-order valence-electron chi connectivity index (χ4n) is 3.56. The van der Waals surface area contributed by atoms with Crippen molar-refractivity contribution in [2.24, 2.45) is 5.41 Å². The Morgan fingerprint density at radius 2 is 2.08 bits per heavy atom. The second-order valence-corrected chi connectivity index (χ2v) is 6.78. The van der Waals surface area contributed by atoms with E-state index in [1.165, 1.54) is 13.2 Å². The Morgan fingerprint density at radius 1 is 1.33 bits per heavy atom. The molecule has 4 nitrogen and oxygen atoms in total. The molecule has 0 saturated carbocycles. The Bertz CT molecular complexity index is 801. The average Bonchev–Trinajstić information content (AvgIpc) is 2.76. The Labute approximate surface area is 140 Å². The number of para-hydroxylation sites is 1. The minimum Gasteiger partial charge on any atom is -0.493 e. The van der Waals surface area contributed by atoms with E-state index in [1.54, 1.807) is 6.07 Å². The highest BCUT2D eigenvalue weighted by Gasteiger charge is 2.40. The van der Waals surface area contributed by atoms with Gasteiger partial charge in [-0.15, -0.1) is 0 Å². The predicted molar refractivity (Wildman–Crippen MR) is 89.8 cm³/mol. The Hall–Kier alpha value is -2.56. The number of hydrogen-bond acceptors (Lipinski definition) is 2. The summed E-state index contributed by atoms with van der Waals surface area (Å²) in [4.78, 5) is 11.1. The highest BCUT2D eigenvalue weighted by molar-refractivity contribution is 5.73. The van der Waals surface area contributed by atoms with Gasteiger partial charge in [0.25, 0.3) is 0 Å². The number of rotatable bonds is 3. The molecule has 126 valence electrons. The summed E-state index contributed by atoms with van der Waals surface area (Å²) in [5, 5.41) is 11.7. The molecule has 5 heteroatoms. The molecule has 1 amide bonds.